The molecular weight excluding hydrogens is 466 g/mol. The third kappa shape index (κ3) is 5.54. The summed E-state index contributed by atoms with van der Waals surface area (Å²) in [5.74, 6) is -1.43. The highest BCUT2D eigenvalue weighted by Gasteiger charge is 2.39. The van der Waals surface area contributed by atoms with E-state index in [9.17, 15) is 22.8 Å². The van der Waals surface area contributed by atoms with Gasteiger partial charge in [-0.1, -0.05) is 36.7 Å². The normalized spacial score (nSPS) is 15.1. The molecule has 2 aromatic carbocycles. The summed E-state index contributed by atoms with van der Waals surface area (Å²) < 4.78 is 26.9. The van der Waals surface area contributed by atoms with E-state index < -0.39 is 27.0 Å². The molecule has 8 nitrogen and oxygen atoms in total. The zero-order valence-corrected chi connectivity index (χ0v) is 20.0. The molecular formula is C23H26ClN3O5S. The van der Waals surface area contributed by atoms with Crippen LogP contribution >= 0.6 is 11.6 Å². The molecule has 33 heavy (non-hydrogen) atoms. The average molecular weight is 492 g/mol. The highest BCUT2D eigenvalue weighted by atomic mass is 35.5. The molecule has 3 rings (SSSR count). The van der Waals surface area contributed by atoms with Crippen LogP contribution in [0, 0.1) is 6.92 Å². The van der Waals surface area contributed by atoms with Crippen LogP contribution < -0.4 is 5.32 Å². The molecule has 0 saturated carbocycles. The molecule has 1 fully saturated rings. The predicted molar refractivity (Wildman–Crippen MR) is 125 cm³/mol. The van der Waals surface area contributed by atoms with Gasteiger partial charge in [0.2, 0.25) is 21.1 Å². The lowest BCUT2D eigenvalue weighted by molar-refractivity contribution is -0.139. The Kier molecular flexibility index (Phi) is 7.76. The van der Waals surface area contributed by atoms with Gasteiger partial charge in [0.1, 0.15) is 0 Å². The van der Waals surface area contributed by atoms with Crippen LogP contribution in [0.2, 0.25) is 5.02 Å². The van der Waals surface area contributed by atoms with Crippen molar-refractivity contribution in [1.82, 2.24) is 15.1 Å². The van der Waals surface area contributed by atoms with E-state index in [0.29, 0.717) is 30.1 Å². The number of nitrogens with zero attached hydrogens (tertiary/aromatic N) is 2. The Morgan fingerprint density at radius 2 is 1.55 bits per heavy atom. The molecule has 2 aromatic rings. The summed E-state index contributed by atoms with van der Waals surface area (Å²) in [7, 11) is -4.28. The van der Waals surface area contributed by atoms with Crippen molar-refractivity contribution < 1.29 is 22.8 Å². The molecule has 1 heterocycles. The van der Waals surface area contributed by atoms with Gasteiger partial charge in [-0.15, -0.1) is 0 Å². The van der Waals surface area contributed by atoms with Crippen LogP contribution in [0.3, 0.4) is 0 Å². The first-order chi connectivity index (χ1) is 15.6. The van der Waals surface area contributed by atoms with Crippen molar-refractivity contribution in [3.05, 3.63) is 64.7 Å². The number of hydrogen-bond donors (Lipinski definition) is 1. The molecule has 0 radical (unpaired) electrons. The van der Waals surface area contributed by atoms with Gasteiger partial charge in [-0.05, 0) is 42.8 Å². The molecule has 1 aliphatic rings. The Morgan fingerprint density at radius 3 is 2.12 bits per heavy atom. The molecule has 1 aliphatic heterocycles. The minimum atomic E-state index is -4.28. The monoisotopic (exact) mass is 491 g/mol. The quantitative estimate of drug-likeness (QED) is 0.667. The smallest absolute Gasteiger partial charge is 0.261 e. The van der Waals surface area contributed by atoms with Gasteiger partial charge in [0, 0.05) is 43.2 Å². The Labute approximate surface area is 198 Å². The van der Waals surface area contributed by atoms with Crippen molar-refractivity contribution >= 4 is 39.2 Å². The second kappa shape index (κ2) is 10.4. The van der Waals surface area contributed by atoms with E-state index in [1.807, 2.05) is 0 Å². The third-order valence-corrected chi connectivity index (χ3v) is 7.70. The maximum atomic E-state index is 13.4. The Morgan fingerprint density at radius 1 is 0.970 bits per heavy atom. The Hall–Kier alpha value is -2.91. The summed E-state index contributed by atoms with van der Waals surface area (Å²) in [5, 5.41) is 0.963. The molecule has 3 amide bonds. The molecule has 0 unspecified atom stereocenters. The number of aryl methyl sites for hydroxylation is 1. The second-order valence-electron chi connectivity index (χ2n) is 7.73. The molecule has 0 spiro atoms. The van der Waals surface area contributed by atoms with Crippen molar-refractivity contribution in [3.63, 3.8) is 0 Å². The van der Waals surface area contributed by atoms with Gasteiger partial charge in [-0.25, -0.2) is 8.42 Å². The van der Waals surface area contributed by atoms with E-state index in [-0.39, 0.29) is 29.5 Å². The van der Waals surface area contributed by atoms with Gasteiger partial charge >= 0.3 is 0 Å². The lowest BCUT2D eigenvalue weighted by Gasteiger charge is -2.36. The van der Waals surface area contributed by atoms with Crippen molar-refractivity contribution in [2.24, 2.45) is 0 Å². The topological polar surface area (TPSA) is 104 Å². The molecule has 1 N–H and O–H groups in total. The van der Waals surface area contributed by atoms with Gasteiger partial charge in [-0.3, -0.25) is 14.4 Å². The number of nitrogens with one attached hydrogen (secondary N) is 1. The van der Waals surface area contributed by atoms with E-state index in [4.69, 9.17) is 11.6 Å². The van der Waals surface area contributed by atoms with E-state index in [0.717, 1.165) is 0 Å². The van der Waals surface area contributed by atoms with Gasteiger partial charge < -0.3 is 15.1 Å². The van der Waals surface area contributed by atoms with E-state index in [1.54, 1.807) is 43.0 Å². The van der Waals surface area contributed by atoms with Crippen molar-refractivity contribution in [1.29, 1.82) is 0 Å². The summed E-state index contributed by atoms with van der Waals surface area (Å²) in [6.07, 6.45) is 0.355. The number of rotatable bonds is 6. The summed E-state index contributed by atoms with van der Waals surface area (Å²) in [6.45, 7) is 4.45. The minimum Gasteiger partial charge on any atom is -0.339 e. The van der Waals surface area contributed by atoms with Crippen LogP contribution in [-0.4, -0.2) is 67.5 Å². The average Bonchev–Trinajstić information content (AvgIpc) is 2.82. The fraction of sp³-hybridized carbons (Fsp3) is 0.348. The van der Waals surface area contributed by atoms with Crippen LogP contribution in [-0.2, 0) is 19.4 Å². The molecule has 176 valence electrons. The SMILES string of the molecule is CCC(=O)N1CCN(C(=O)[C@H](NC(=O)c2ccccc2C)S(=O)(=O)c2ccc(Cl)cc2)CC1. The zero-order valence-electron chi connectivity index (χ0n) is 18.5. The maximum Gasteiger partial charge on any atom is 0.261 e. The first-order valence-corrected chi connectivity index (χ1v) is 12.5. The van der Waals surface area contributed by atoms with Crippen LogP contribution in [0.4, 0.5) is 0 Å². The van der Waals surface area contributed by atoms with Gasteiger partial charge in [0.05, 0.1) is 4.90 Å². The number of halogens is 1. The fourth-order valence-electron chi connectivity index (χ4n) is 3.62. The summed E-state index contributed by atoms with van der Waals surface area (Å²) in [4.78, 5) is 41.2. The van der Waals surface area contributed by atoms with E-state index >= 15 is 0 Å². The van der Waals surface area contributed by atoms with Crippen molar-refractivity contribution in [2.75, 3.05) is 26.2 Å². The maximum absolute atomic E-state index is 13.4. The molecule has 0 aliphatic carbocycles. The number of benzene rings is 2. The largest absolute Gasteiger partial charge is 0.339 e. The first-order valence-electron chi connectivity index (χ1n) is 10.6. The lowest BCUT2D eigenvalue weighted by atomic mass is 10.1. The molecule has 10 heteroatoms. The molecule has 1 saturated heterocycles. The van der Waals surface area contributed by atoms with Crippen molar-refractivity contribution in [2.45, 2.75) is 30.5 Å². The Bertz CT molecular complexity index is 1140. The molecule has 0 bridgehead atoms. The van der Waals surface area contributed by atoms with Crippen LogP contribution in [0.5, 0.6) is 0 Å². The number of piperazine rings is 1. The summed E-state index contributed by atoms with van der Waals surface area (Å²) in [5.41, 5.74) is 0.928. The van der Waals surface area contributed by atoms with Crippen LogP contribution in [0.1, 0.15) is 29.3 Å². The van der Waals surface area contributed by atoms with Crippen LogP contribution in [0.25, 0.3) is 0 Å². The molecule has 1 atom stereocenters. The number of carbonyl (C=O) groups is 3. The lowest BCUT2D eigenvalue weighted by Crippen LogP contribution is -2.57. The number of sulfone groups is 1. The third-order valence-electron chi connectivity index (χ3n) is 5.58. The first kappa shape index (κ1) is 24.7. The van der Waals surface area contributed by atoms with Crippen molar-refractivity contribution in [3.8, 4) is 0 Å². The Balaban J connectivity index is 1.91. The zero-order chi connectivity index (χ0) is 24.2. The highest BCUT2D eigenvalue weighted by Crippen LogP contribution is 2.21. The van der Waals surface area contributed by atoms with Gasteiger partial charge in [0.15, 0.2) is 0 Å². The standard InChI is InChI=1S/C23H26ClN3O5S/c1-3-20(28)26-12-14-27(15-13-26)23(30)22(25-21(29)19-7-5-4-6-16(19)2)33(31,32)18-10-8-17(24)9-11-18/h4-11,22H,3,12-15H2,1-2H3,(H,25,29)/t22-/m1/s1. The highest BCUT2D eigenvalue weighted by molar-refractivity contribution is 7.92. The summed E-state index contributed by atoms with van der Waals surface area (Å²) in [6, 6.07) is 12.1. The van der Waals surface area contributed by atoms with Gasteiger partial charge in [0.25, 0.3) is 11.8 Å². The number of carbonyl (C=O) groups excluding carboxylic acids is 3. The predicted octanol–water partition coefficient (Wildman–Crippen LogP) is 2.26. The molecule has 0 aromatic heterocycles. The second-order valence-corrected chi connectivity index (χ2v) is 10.2. The number of hydrogen-bond acceptors (Lipinski definition) is 5. The van der Waals surface area contributed by atoms with E-state index in [1.165, 1.54) is 29.2 Å². The van der Waals surface area contributed by atoms with E-state index in [2.05, 4.69) is 5.32 Å². The fourth-order valence-corrected chi connectivity index (χ4v) is 5.21. The van der Waals surface area contributed by atoms with Crippen LogP contribution in [0.15, 0.2) is 53.4 Å². The summed E-state index contributed by atoms with van der Waals surface area (Å²) >= 11 is 5.89. The number of amides is 3. The van der Waals surface area contributed by atoms with Gasteiger partial charge in [-0.2, -0.15) is 0 Å². The minimum absolute atomic E-state index is 0.0275.